The number of ether oxygens (including phenoxy) is 2. The van der Waals surface area contributed by atoms with E-state index in [1.54, 1.807) is 25.1 Å². The van der Waals surface area contributed by atoms with Gasteiger partial charge >= 0.3 is 6.09 Å². The van der Waals surface area contributed by atoms with Crippen molar-refractivity contribution in [3.8, 4) is 0 Å². The number of amides is 1. The van der Waals surface area contributed by atoms with E-state index in [1.165, 1.54) is 18.1 Å². The van der Waals surface area contributed by atoms with Gasteiger partial charge in [0.15, 0.2) is 5.76 Å². The van der Waals surface area contributed by atoms with Gasteiger partial charge in [0.25, 0.3) is 0 Å². The van der Waals surface area contributed by atoms with E-state index >= 15 is 0 Å². The predicted octanol–water partition coefficient (Wildman–Crippen LogP) is 4.46. The van der Waals surface area contributed by atoms with E-state index < -0.39 is 17.8 Å². The summed E-state index contributed by atoms with van der Waals surface area (Å²) in [6.07, 6.45) is 0.435. The fraction of sp³-hybridized carbons (Fsp3) is 0.250. The Bertz CT molecular complexity index is 1040. The topological polar surface area (TPSA) is 81.9 Å². The van der Waals surface area contributed by atoms with Crippen LogP contribution in [0.3, 0.4) is 0 Å². The fourth-order valence-electron chi connectivity index (χ4n) is 2.80. The molecule has 9 heteroatoms. The van der Waals surface area contributed by atoms with Crippen LogP contribution < -0.4 is 4.90 Å². The Morgan fingerprint density at radius 3 is 2.72 bits per heavy atom. The van der Waals surface area contributed by atoms with Crippen LogP contribution in [0.1, 0.15) is 23.0 Å². The number of nitrogens with zero attached hydrogens (tertiary/aromatic N) is 2. The summed E-state index contributed by atoms with van der Waals surface area (Å²) in [5, 5.41) is 0.859. The zero-order chi connectivity index (χ0) is 21.0. The van der Waals surface area contributed by atoms with Crippen LogP contribution >= 0.6 is 11.6 Å². The van der Waals surface area contributed by atoms with Gasteiger partial charge in [-0.3, -0.25) is 9.69 Å². The number of halogens is 2. The van der Waals surface area contributed by atoms with Crippen molar-refractivity contribution in [1.29, 1.82) is 0 Å². The van der Waals surface area contributed by atoms with Crippen molar-refractivity contribution in [3.63, 3.8) is 0 Å². The first kappa shape index (κ1) is 20.8. The fourth-order valence-corrected chi connectivity index (χ4v) is 2.97. The summed E-state index contributed by atoms with van der Waals surface area (Å²) in [7, 11) is 1.49. The standard InChI is InChI=1S/C20H18ClFN2O5/c1-3-28-20(26)24(8-9-27-2)17-14-10-13(21)5-6-15(14)29-19(17)18(25)12-4-7-16(22)23-11-12/h4-7,10-11H,3,8-9H2,1-2H3. The van der Waals surface area contributed by atoms with Crippen LogP contribution in [0.5, 0.6) is 0 Å². The summed E-state index contributed by atoms with van der Waals surface area (Å²) in [5.41, 5.74) is 0.662. The molecular weight excluding hydrogens is 403 g/mol. The SMILES string of the molecule is CCOC(=O)N(CCOC)c1c(C(=O)c2ccc(F)nc2)oc2ccc(Cl)cc12. The van der Waals surface area contributed by atoms with Gasteiger partial charge in [-0.05, 0) is 37.3 Å². The third kappa shape index (κ3) is 4.38. The molecule has 2 heterocycles. The molecular formula is C20H18ClFN2O5. The number of hydrogen-bond acceptors (Lipinski definition) is 6. The lowest BCUT2D eigenvalue weighted by Crippen LogP contribution is -2.35. The highest BCUT2D eigenvalue weighted by molar-refractivity contribution is 6.31. The molecule has 0 atom stereocenters. The average Bonchev–Trinajstić information content (AvgIpc) is 3.07. The molecule has 0 aliphatic heterocycles. The number of rotatable bonds is 7. The van der Waals surface area contributed by atoms with Crippen molar-refractivity contribution in [2.45, 2.75) is 6.92 Å². The normalized spacial score (nSPS) is 10.9. The highest BCUT2D eigenvalue weighted by atomic mass is 35.5. The molecule has 0 radical (unpaired) electrons. The first-order chi connectivity index (χ1) is 14.0. The lowest BCUT2D eigenvalue weighted by molar-refractivity contribution is 0.101. The molecule has 152 valence electrons. The van der Waals surface area contributed by atoms with Crippen LogP contribution in [0.15, 0.2) is 40.9 Å². The monoisotopic (exact) mass is 420 g/mol. The number of carbonyl (C=O) groups excluding carboxylic acids is 2. The number of methoxy groups -OCH3 is 1. The molecule has 0 spiro atoms. The summed E-state index contributed by atoms with van der Waals surface area (Å²) in [5.74, 6) is -1.39. The molecule has 3 aromatic rings. The molecule has 0 saturated carbocycles. The molecule has 0 aliphatic rings. The Labute approximate surface area is 171 Å². The smallest absolute Gasteiger partial charge is 0.414 e. The maximum atomic E-state index is 13.2. The number of fused-ring (bicyclic) bond motifs is 1. The Morgan fingerprint density at radius 1 is 1.28 bits per heavy atom. The van der Waals surface area contributed by atoms with Crippen LogP contribution in [0, 0.1) is 5.95 Å². The molecule has 1 amide bonds. The number of benzene rings is 1. The largest absolute Gasteiger partial charge is 0.450 e. The summed E-state index contributed by atoms with van der Waals surface area (Å²) < 4.78 is 29.2. The number of furan rings is 1. The van der Waals surface area contributed by atoms with Gasteiger partial charge in [-0.25, -0.2) is 9.78 Å². The minimum Gasteiger partial charge on any atom is -0.450 e. The van der Waals surface area contributed by atoms with E-state index in [0.29, 0.717) is 16.0 Å². The van der Waals surface area contributed by atoms with Crippen LogP contribution in [-0.4, -0.2) is 43.7 Å². The first-order valence-electron chi connectivity index (χ1n) is 8.77. The van der Waals surface area contributed by atoms with E-state index in [-0.39, 0.29) is 36.8 Å². The molecule has 0 bridgehead atoms. The zero-order valence-electron chi connectivity index (χ0n) is 15.8. The number of ketones is 1. The zero-order valence-corrected chi connectivity index (χ0v) is 16.5. The summed E-state index contributed by atoms with van der Waals surface area (Å²) in [4.78, 5) is 30.5. The second kappa shape index (κ2) is 9.02. The molecule has 7 nitrogen and oxygen atoms in total. The third-order valence-electron chi connectivity index (χ3n) is 4.10. The number of carbonyl (C=O) groups is 2. The van der Waals surface area contributed by atoms with Crippen LogP contribution in [0.2, 0.25) is 5.02 Å². The molecule has 0 fully saturated rings. The molecule has 0 unspecified atom stereocenters. The molecule has 0 saturated heterocycles. The summed E-state index contributed by atoms with van der Waals surface area (Å²) in [6.45, 7) is 2.12. The van der Waals surface area contributed by atoms with E-state index in [0.717, 1.165) is 12.3 Å². The number of aromatic nitrogens is 1. The second-order valence-electron chi connectivity index (χ2n) is 5.96. The van der Waals surface area contributed by atoms with E-state index in [9.17, 15) is 14.0 Å². The van der Waals surface area contributed by atoms with E-state index in [1.807, 2.05) is 0 Å². The van der Waals surface area contributed by atoms with Gasteiger partial charge in [0.05, 0.1) is 19.8 Å². The van der Waals surface area contributed by atoms with E-state index in [2.05, 4.69) is 4.98 Å². The van der Waals surface area contributed by atoms with E-state index in [4.69, 9.17) is 25.5 Å². The van der Waals surface area contributed by atoms with Crippen molar-refractivity contribution < 1.29 is 27.9 Å². The Hall–Kier alpha value is -2.97. The highest BCUT2D eigenvalue weighted by Crippen LogP contribution is 2.37. The Kier molecular flexibility index (Phi) is 6.46. The van der Waals surface area contributed by atoms with Crippen molar-refractivity contribution in [2.24, 2.45) is 0 Å². The maximum absolute atomic E-state index is 13.2. The molecule has 2 aromatic heterocycles. The van der Waals surface area contributed by atoms with Crippen molar-refractivity contribution >= 4 is 40.1 Å². The highest BCUT2D eigenvalue weighted by Gasteiger charge is 2.30. The van der Waals surface area contributed by atoms with Crippen LogP contribution in [0.25, 0.3) is 11.0 Å². The van der Waals surface area contributed by atoms with Gasteiger partial charge < -0.3 is 13.9 Å². The predicted molar refractivity (Wildman–Crippen MR) is 105 cm³/mol. The number of pyridine rings is 1. The van der Waals surface area contributed by atoms with Crippen molar-refractivity contribution in [1.82, 2.24) is 4.98 Å². The Morgan fingerprint density at radius 2 is 2.07 bits per heavy atom. The first-order valence-corrected chi connectivity index (χ1v) is 9.15. The minimum atomic E-state index is -0.716. The van der Waals surface area contributed by atoms with Gasteiger partial charge in [0.2, 0.25) is 11.7 Å². The van der Waals surface area contributed by atoms with Gasteiger partial charge in [-0.1, -0.05) is 11.6 Å². The van der Waals surface area contributed by atoms with Crippen molar-refractivity contribution in [2.75, 3.05) is 31.8 Å². The van der Waals surface area contributed by atoms with Crippen LogP contribution in [0.4, 0.5) is 14.9 Å². The summed E-state index contributed by atoms with van der Waals surface area (Å²) in [6, 6.07) is 7.16. The van der Waals surface area contributed by atoms with Gasteiger partial charge in [0, 0.05) is 29.3 Å². The van der Waals surface area contributed by atoms with Gasteiger partial charge in [-0.2, -0.15) is 4.39 Å². The third-order valence-corrected chi connectivity index (χ3v) is 4.33. The summed E-state index contributed by atoms with van der Waals surface area (Å²) >= 11 is 6.13. The molecule has 0 N–H and O–H groups in total. The molecule has 1 aromatic carbocycles. The van der Waals surface area contributed by atoms with Gasteiger partial charge in [0.1, 0.15) is 11.3 Å². The lowest BCUT2D eigenvalue weighted by atomic mass is 10.1. The lowest BCUT2D eigenvalue weighted by Gasteiger charge is -2.21. The second-order valence-corrected chi connectivity index (χ2v) is 6.40. The van der Waals surface area contributed by atoms with Gasteiger partial charge in [-0.15, -0.1) is 0 Å². The molecule has 29 heavy (non-hydrogen) atoms. The average molecular weight is 421 g/mol. The number of hydrogen-bond donors (Lipinski definition) is 0. The van der Waals surface area contributed by atoms with Crippen molar-refractivity contribution in [3.05, 3.63) is 58.8 Å². The Balaban J connectivity index is 2.19. The minimum absolute atomic E-state index is 0.105. The number of anilines is 1. The maximum Gasteiger partial charge on any atom is 0.414 e. The molecule has 0 aliphatic carbocycles. The molecule has 3 rings (SSSR count). The quantitative estimate of drug-likeness (QED) is 0.414. The van der Waals surface area contributed by atoms with Crippen LogP contribution in [-0.2, 0) is 9.47 Å².